The zero-order valence-corrected chi connectivity index (χ0v) is 9.02. The molecule has 1 aliphatic heterocycles. The second kappa shape index (κ2) is 5.89. The van der Waals surface area contributed by atoms with Gasteiger partial charge < -0.3 is 9.47 Å². The predicted molar refractivity (Wildman–Crippen MR) is 59.9 cm³/mol. The molecule has 1 aliphatic rings. The summed E-state index contributed by atoms with van der Waals surface area (Å²) < 4.78 is 11.0. The summed E-state index contributed by atoms with van der Waals surface area (Å²) in [7, 11) is 0. The fourth-order valence-electron chi connectivity index (χ4n) is 1.88. The van der Waals surface area contributed by atoms with E-state index in [0.717, 1.165) is 32.7 Å². The van der Waals surface area contributed by atoms with E-state index in [1.165, 1.54) is 12.0 Å². The second-order valence-electron chi connectivity index (χ2n) is 3.95. The van der Waals surface area contributed by atoms with Crippen LogP contribution >= 0.6 is 0 Å². The summed E-state index contributed by atoms with van der Waals surface area (Å²) in [6.45, 7) is 2.29. The van der Waals surface area contributed by atoms with Crippen molar-refractivity contribution in [3.05, 3.63) is 35.9 Å². The van der Waals surface area contributed by atoms with Crippen molar-refractivity contribution in [3.63, 3.8) is 0 Å². The lowest BCUT2D eigenvalue weighted by Gasteiger charge is -2.22. The van der Waals surface area contributed by atoms with E-state index in [-0.39, 0.29) is 0 Å². The predicted octanol–water partition coefficient (Wildman–Crippen LogP) is 2.42. The van der Waals surface area contributed by atoms with Crippen molar-refractivity contribution in [2.75, 3.05) is 19.8 Å². The Morgan fingerprint density at radius 2 is 2.00 bits per heavy atom. The lowest BCUT2D eigenvalue weighted by atomic mass is 10.1. The van der Waals surface area contributed by atoms with Crippen molar-refractivity contribution in [2.45, 2.75) is 25.4 Å². The molecule has 2 rings (SSSR count). The Kier molecular flexibility index (Phi) is 4.18. The van der Waals surface area contributed by atoms with Gasteiger partial charge in [-0.15, -0.1) is 0 Å². The van der Waals surface area contributed by atoms with E-state index in [0.29, 0.717) is 6.10 Å². The monoisotopic (exact) mass is 206 g/mol. The first-order valence-electron chi connectivity index (χ1n) is 5.68. The fraction of sp³-hybridized carbons (Fsp3) is 0.538. The van der Waals surface area contributed by atoms with Crippen molar-refractivity contribution in [2.24, 2.45) is 0 Å². The molecule has 0 aliphatic carbocycles. The van der Waals surface area contributed by atoms with Crippen LogP contribution in [0.5, 0.6) is 0 Å². The van der Waals surface area contributed by atoms with Gasteiger partial charge in [-0.05, 0) is 24.8 Å². The molecule has 0 radical (unpaired) electrons. The van der Waals surface area contributed by atoms with Crippen LogP contribution in [0.15, 0.2) is 30.3 Å². The van der Waals surface area contributed by atoms with Crippen LogP contribution in [0.3, 0.4) is 0 Å². The molecule has 1 aromatic carbocycles. The second-order valence-corrected chi connectivity index (χ2v) is 3.95. The van der Waals surface area contributed by atoms with Crippen molar-refractivity contribution in [1.82, 2.24) is 0 Å². The average Bonchev–Trinajstić information content (AvgIpc) is 2.32. The van der Waals surface area contributed by atoms with E-state index in [4.69, 9.17) is 9.47 Å². The minimum Gasteiger partial charge on any atom is -0.376 e. The van der Waals surface area contributed by atoms with Crippen molar-refractivity contribution in [1.29, 1.82) is 0 Å². The average molecular weight is 206 g/mol. The molecule has 1 saturated heterocycles. The summed E-state index contributed by atoms with van der Waals surface area (Å²) in [6, 6.07) is 10.6. The largest absolute Gasteiger partial charge is 0.376 e. The molecule has 0 spiro atoms. The minimum absolute atomic E-state index is 0.322. The van der Waals surface area contributed by atoms with Crippen LogP contribution in [0, 0.1) is 0 Å². The maximum absolute atomic E-state index is 5.59. The quantitative estimate of drug-likeness (QED) is 0.753. The molecule has 0 N–H and O–H groups in total. The van der Waals surface area contributed by atoms with Gasteiger partial charge in [0.1, 0.15) is 0 Å². The SMILES string of the molecule is c1ccc(CCCC2COCCO2)cc1. The van der Waals surface area contributed by atoms with E-state index in [9.17, 15) is 0 Å². The van der Waals surface area contributed by atoms with Gasteiger partial charge in [0.05, 0.1) is 25.9 Å². The van der Waals surface area contributed by atoms with Gasteiger partial charge in [0, 0.05) is 0 Å². The van der Waals surface area contributed by atoms with Crippen LogP contribution < -0.4 is 0 Å². The van der Waals surface area contributed by atoms with Gasteiger partial charge in [-0.2, -0.15) is 0 Å². The van der Waals surface area contributed by atoms with E-state index in [1.807, 2.05) is 0 Å². The van der Waals surface area contributed by atoms with Gasteiger partial charge in [0.2, 0.25) is 0 Å². The number of ether oxygens (including phenoxy) is 2. The summed E-state index contributed by atoms with van der Waals surface area (Å²) >= 11 is 0. The summed E-state index contributed by atoms with van der Waals surface area (Å²) in [5.41, 5.74) is 1.41. The summed E-state index contributed by atoms with van der Waals surface area (Å²) in [6.07, 6.45) is 3.75. The molecule has 1 atom stereocenters. The number of hydrogen-bond donors (Lipinski definition) is 0. The topological polar surface area (TPSA) is 18.5 Å². The minimum atomic E-state index is 0.322. The van der Waals surface area contributed by atoms with Crippen LogP contribution in [0.1, 0.15) is 18.4 Å². The van der Waals surface area contributed by atoms with Gasteiger partial charge in [0.25, 0.3) is 0 Å². The summed E-state index contributed by atoms with van der Waals surface area (Å²) in [5, 5.41) is 0. The third-order valence-corrected chi connectivity index (χ3v) is 2.72. The standard InChI is InChI=1S/C13H18O2/c1-2-5-12(6-3-1)7-4-8-13-11-14-9-10-15-13/h1-3,5-6,13H,4,7-11H2. The number of aryl methyl sites for hydroxylation is 1. The van der Waals surface area contributed by atoms with Crippen molar-refractivity contribution < 1.29 is 9.47 Å². The van der Waals surface area contributed by atoms with Gasteiger partial charge in [-0.25, -0.2) is 0 Å². The van der Waals surface area contributed by atoms with Crippen LogP contribution in [0.4, 0.5) is 0 Å². The molecule has 0 saturated carbocycles. The normalized spacial score (nSPS) is 21.5. The maximum atomic E-state index is 5.59. The Hall–Kier alpha value is -0.860. The van der Waals surface area contributed by atoms with Crippen LogP contribution in [-0.4, -0.2) is 25.9 Å². The zero-order valence-electron chi connectivity index (χ0n) is 9.02. The first kappa shape index (κ1) is 10.7. The van der Waals surface area contributed by atoms with Crippen LogP contribution in [-0.2, 0) is 15.9 Å². The molecule has 0 aromatic heterocycles. The molecular formula is C13H18O2. The molecule has 2 nitrogen and oxygen atoms in total. The van der Waals surface area contributed by atoms with Gasteiger partial charge in [-0.3, -0.25) is 0 Å². The highest BCUT2D eigenvalue weighted by Crippen LogP contribution is 2.11. The van der Waals surface area contributed by atoms with Crippen molar-refractivity contribution >= 4 is 0 Å². The molecular weight excluding hydrogens is 188 g/mol. The van der Waals surface area contributed by atoms with Gasteiger partial charge in [0.15, 0.2) is 0 Å². The van der Waals surface area contributed by atoms with E-state index < -0.39 is 0 Å². The lowest BCUT2D eigenvalue weighted by molar-refractivity contribution is -0.0910. The smallest absolute Gasteiger partial charge is 0.0809 e. The highest BCUT2D eigenvalue weighted by atomic mass is 16.6. The Bertz CT molecular complexity index is 265. The third kappa shape index (κ3) is 3.65. The molecule has 1 fully saturated rings. The van der Waals surface area contributed by atoms with Crippen LogP contribution in [0.2, 0.25) is 0 Å². The number of hydrogen-bond acceptors (Lipinski definition) is 2. The molecule has 15 heavy (non-hydrogen) atoms. The molecule has 1 heterocycles. The molecule has 0 amide bonds. The molecule has 82 valence electrons. The third-order valence-electron chi connectivity index (χ3n) is 2.72. The van der Waals surface area contributed by atoms with Gasteiger partial charge >= 0.3 is 0 Å². The summed E-state index contributed by atoms with van der Waals surface area (Å²) in [5.74, 6) is 0. The van der Waals surface area contributed by atoms with E-state index in [2.05, 4.69) is 30.3 Å². The van der Waals surface area contributed by atoms with Gasteiger partial charge in [-0.1, -0.05) is 30.3 Å². The lowest BCUT2D eigenvalue weighted by Crippen LogP contribution is -2.28. The number of benzene rings is 1. The summed E-state index contributed by atoms with van der Waals surface area (Å²) in [4.78, 5) is 0. The Morgan fingerprint density at radius 3 is 2.73 bits per heavy atom. The van der Waals surface area contributed by atoms with E-state index in [1.54, 1.807) is 0 Å². The zero-order chi connectivity index (χ0) is 10.3. The number of rotatable bonds is 4. The van der Waals surface area contributed by atoms with Crippen LogP contribution in [0.25, 0.3) is 0 Å². The van der Waals surface area contributed by atoms with E-state index >= 15 is 0 Å². The Balaban J connectivity index is 1.66. The fourth-order valence-corrected chi connectivity index (χ4v) is 1.88. The highest BCUT2D eigenvalue weighted by Gasteiger charge is 2.13. The Morgan fingerprint density at radius 1 is 1.13 bits per heavy atom. The Labute approximate surface area is 91.2 Å². The highest BCUT2D eigenvalue weighted by molar-refractivity contribution is 5.14. The molecule has 1 aromatic rings. The first-order chi connectivity index (χ1) is 7.45. The molecule has 0 bridgehead atoms. The molecule has 2 heteroatoms. The van der Waals surface area contributed by atoms with Crippen molar-refractivity contribution in [3.8, 4) is 0 Å². The molecule has 1 unspecified atom stereocenters. The first-order valence-corrected chi connectivity index (χ1v) is 5.68. The maximum Gasteiger partial charge on any atom is 0.0809 e.